The van der Waals surface area contributed by atoms with Gasteiger partial charge in [0.15, 0.2) is 0 Å². The second kappa shape index (κ2) is 6.00. The van der Waals surface area contributed by atoms with Crippen LogP contribution in [0.5, 0.6) is 5.75 Å². The Labute approximate surface area is 122 Å². The number of hydrogen-bond acceptors (Lipinski definition) is 3. The van der Waals surface area contributed by atoms with E-state index in [1.54, 1.807) is 0 Å². The topological polar surface area (TPSA) is 59.4 Å². The van der Waals surface area contributed by atoms with Gasteiger partial charge in [-0.1, -0.05) is 0 Å². The molecule has 1 heterocycles. The maximum atomic E-state index is 13.9. The highest BCUT2D eigenvalue weighted by atomic mass is 19.4. The highest BCUT2D eigenvalue weighted by molar-refractivity contribution is 5.70. The van der Waals surface area contributed by atoms with E-state index in [4.69, 9.17) is 5.11 Å². The fourth-order valence-corrected chi connectivity index (χ4v) is 1.78. The maximum Gasteiger partial charge on any atom is 0.573 e. The molecule has 0 aliphatic carbocycles. The molecule has 0 spiro atoms. The summed E-state index contributed by atoms with van der Waals surface area (Å²) in [5, 5.41) is 8.61. The van der Waals surface area contributed by atoms with Crippen molar-refractivity contribution in [3.63, 3.8) is 0 Å². The second-order valence-corrected chi connectivity index (χ2v) is 4.32. The Kier molecular flexibility index (Phi) is 4.30. The number of rotatable bonds is 4. The van der Waals surface area contributed by atoms with Gasteiger partial charge in [-0.25, -0.2) is 4.39 Å². The van der Waals surface area contributed by atoms with Gasteiger partial charge in [0.2, 0.25) is 0 Å². The number of ether oxygens (including phenoxy) is 1. The van der Waals surface area contributed by atoms with E-state index < -0.39 is 23.9 Å². The van der Waals surface area contributed by atoms with Crippen LogP contribution in [0.2, 0.25) is 0 Å². The number of aliphatic carboxylic acids is 1. The fourth-order valence-electron chi connectivity index (χ4n) is 1.78. The average molecular weight is 315 g/mol. The molecule has 0 amide bonds. The van der Waals surface area contributed by atoms with Crippen molar-refractivity contribution in [2.75, 3.05) is 0 Å². The Hall–Kier alpha value is -2.64. The third kappa shape index (κ3) is 4.18. The van der Waals surface area contributed by atoms with E-state index >= 15 is 0 Å². The van der Waals surface area contributed by atoms with Gasteiger partial charge >= 0.3 is 12.3 Å². The van der Waals surface area contributed by atoms with Gasteiger partial charge in [0, 0.05) is 11.8 Å². The molecular formula is C14H9F4NO3. The van der Waals surface area contributed by atoms with Crippen LogP contribution in [0, 0.1) is 5.82 Å². The van der Waals surface area contributed by atoms with Crippen LogP contribution < -0.4 is 4.74 Å². The van der Waals surface area contributed by atoms with Crippen molar-refractivity contribution in [3.8, 4) is 17.0 Å². The summed E-state index contributed by atoms with van der Waals surface area (Å²) in [5.41, 5.74) is 0.340. The molecule has 1 aromatic heterocycles. The largest absolute Gasteiger partial charge is 0.573 e. The van der Waals surface area contributed by atoms with Crippen LogP contribution in [0.25, 0.3) is 11.3 Å². The summed E-state index contributed by atoms with van der Waals surface area (Å²) in [6.07, 6.45) is -3.97. The fraction of sp³-hybridized carbons (Fsp3) is 0.143. The predicted molar refractivity (Wildman–Crippen MR) is 67.7 cm³/mol. The molecule has 8 heteroatoms. The van der Waals surface area contributed by atoms with Gasteiger partial charge in [0.1, 0.15) is 17.3 Å². The number of aromatic nitrogens is 1. The normalized spacial score (nSPS) is 11.3. The van der Waals surface area contributed by atoms with Crippen LogP contribution in [-0.2, 0) is 11.2 Å². The van der Waals surface area contributed by atoms with Gasteiger partial charge < -0.3 is 9.84 Å². The van der Waals surface area contributed by atoms with Crippen LogP contribution in [0.15, 0.2) is 36.5 Å². The number of carboxylic acid groups (broad SMARTS) is 1. The van der Waals surface area contributed by atoms with Crippen molar-refractivity contribution in [1.29, 1.82) is 0 Å². The zero-order valence-electron chi connectivity index (χ0n) is 10.9. The number of carboxylic acids is 1. The SMILES string of the molecule is O=C(O)Cc1cnc(-c2ccc(OC(F)(F)F)cc2)c(F)c1. The Balaban J connectivity index is 2.23. The van der Waals surface area contributed by atoms with E-state index in [1.165, 1.54) is 18.3 Å². The summed E-state index contributed by atoms with van der Waals surface area (Å²) in [4.78, 5) is 14.3. The summed E-state index contributed by atoms with van der Waals surface area (Å²) in [5.74, 6) is -2.31. The van der Waals surface area contributed by atoms with Crippen LogP contribution in [-0.4, -0.2) is 22.4 Å². The first kappa shape index (κ1) is 15.7. The van der Waals surface area contributed by atoms with E-state index in [1.807, 2.05) is 0 Å². The van der Waals surface area contributed by atoms with Gasteiger partial charge in [0.05, 0.1) is 6.42 Å². The third-order valence-electron chi connectivity index (χ3n) is 2.61. The van der Waals surface area contributed by atoms with Crippen LogP contribution >= 0.6 is 0 Å². The number of pyridine rings is 1. The molecule has 2 rings (SSSR count). The van der Waals surface area contributed by atoms with Crippen molar-refractivity contribution in [1.82, 2.24) is 4.98 Å². The molecule has 1 N–H and O–H groups in total. The molecule has 0 atom stereocenters. The third-order valence-corrected chi connectivity index (χ3v) is 2.61. The number of hydrogen-bond donors (Lipinski definition) is 1. The highest BCUT2D eigenvalue weighted by Gasteiger charge is 2.31. The zero-order valence-corrected chi connectivity index (χ0v) is 10.9. The molecule has 0 saturated carbocycles. The molecule has 4 nitrogen and oxygen atoms in total. The lowest BCUT2D eigenvalue weighted by atomic mass is 10.1. The second-order valence-electron chi connectivity index (χ2n) is 4.32. The lowest BCUT2D eigenvalue weighted by molar-refractivity contribution is -0.274. The summed E-state index contributed by atoms with van der Waals surface area (Å²) in [6, 6.07) is 5.55. The molecule has 0 unspecified atom stereocenters. The van der Waals surface area contributed by atoms with E-state index in [2.05, 4.69) is 9.72 Å². The summed E-state index contributed by atoms with van der Waals surface area (Å²) in [6.45, 7) is 0. The Morgan fingerprint density at radius 3 is 2.36 bits per heavy atom. The van der Waals surface area contributed by atoms with E-state index in [-0.39, 0.29) is 23.2 Å². The number of nitrogens with zero attached hydrogens (tertiary/aromatic N) is 1. The standard InChI is InChI=1S/C14H9F4NO3/c15-11-5-8(6-12(20)21)7-19-13(11)9-1-3-10(4-2-9)22-14(16,17)18/h1-5,7H,6H2,(H,20,21). The van der Waals surface area contributed by atoms with Crippen molar-refractivity contribution in [3.05, 3.63) is 47.9 Å². The zero-order chi connectivity index (χ0) is 16.3. The quantitative estimate of drug-likeness (QED) is 0.878. The Bertz CT molecular complexity index is 683. The van der Waals surface area contributed by atoms with Crippen molar-refractivity contribution >= 4 is 5.97 Å². The first-order chi connectivity index (χ1) is 10.2. The van der Waals surface area contributed by atoms with E-state index in [0.717, 1.165) is 18.2 Å². The van der Waals surface area contributed by atoms with Crippen molar-refractivity contribution in [2.24, 2.45) is 0 Å². The minimum atomic E-state index is -4.80. The van der Waals surface area contributed by atoms with Gasteiger partial charge in [0.25, 0.3) is 0 Å². The Morgan fingerprint density at radius 1 is 1.23 bits per heavy atom. The lowest BCUT2D eigenvalue weighted by Gasteiger charge is -2.09. The molecular weight excluding hydrogens is 306 g/mol. The summed E-state index contributed by atoms with van der Waals surface area (Å²) >= 11 is 0. The van der Waals surface area contributed by atoms with Gasteiger partial charge in [-0.05, 0) is 35.9 Å². The summed E-state index contributed by atoms with van der Waals surface area (Å²) < 4.78 is 53.7. The molecule has 0 aliphatic rings. The number of carbonyl (C=O) groups is 1. The monoisotopic (exact) mass is 315 g/mol. The molecule has 116 valence electrons. The predicted octanol–water partition coefficient (Wildman–Crippen LogP) is 3.41. The number of alkyl halides is 3. The van der Waals surface area contributed by atoms with Gasteiger partial charge in [-0.15, -0.1) is 13.2 Å². The van der Waals surface area contributed by atoms with Crippen LogP contribution in [0.1, 0.15) is 5.56 Å². The average Bonchev–Trinajstić information content (AvgIpc) is 2.37. The first-order valence-corrected chi connectivity index (χ1v) is 5.97. The molecule has 0 fully saturated rings. The highest BCUT2D eigenvalue weighted by Crippen LogP contribution is 2.27. The summed E-state index contributed by atoms with van der Waals surface area (Å²) in [7, 11) is 0. The maximum absolute atomic E-state index is 13.9. The van der Waals surface area contributed by atoms with Crippen molar-refractivity contribution in [2.45, 2.75) is 12.8 Å². The van der Waals surface area contributed by atoms with Gasteiger partial charge in [-0.2, -0.15) is 0 Å². The minimum absolute atomic E-state index is 0.0901. The molecule has 22 heavy (non-hydrogen) atoms. The molecule has 2 aromatic rings. The number of benzene rings is 1. The molecule has 0 saturated heterocycles. The lowest BCUT2D eigenvalue weighted by Crippen LogP contribution is -2.16. The Morgan fingerprint density at radius 2 is 1.86 bits per heavy atom. The number of halogens is 4. The van der Waals surface area contributed by atoms with Crippen molar-refractivity contribution < 1.29 is 32.2 Å². The van der Waals surface area contributed by atoms with Crippen LogP contribution in [0.4, 0.5) is 17.6 Å². The smallest absolute Gasteiger partial charge is 0.481 e. The minimum Gasteiger partial charge on any atom is -0.481 e. The molecule has 0 aliphatic heterocycles. The van der Waals surface area contributed by atoms with Gasteiger partial charge in [-0.3, -0.25) is 9.78 Å². The van der Waals surface area contributed by atoms with E-state index in [0.29, 0.717) is 0 Å². The van der Waals surface area contributed by atoms with Crippen LogP contribution in [0.3, 0.4) is 0 Å². The first-order valence-electron chi connectivity index (χ1n) is 5.97. The molecule has 0 radical (unpaired) electrons. The van der Waals surface area contributed by atoms with E-state index in [9.17, 15) is 22.4 Å². The molecule has 0 bridgehead atoms. The molecule has 1 aromatic carbocycles.